The van der Waals surface area contributed by atoms with Crippen molar-refractivity contribution in [1.29, 1.82) is 0 Å². The number of nitrogens with one attached hydrogen (secondary N) is 2. The zero-order chi connectivity index (χ0) is 28.9. The molecule has 1 saturated carbocycles. The number of morpholine rings is 1. The molecule has 9 heteroatoms. The third kappa shape index (κ3) is 5.00. The lowest BCUT2D eigenvalue weighted by Crippen LogP contribution is -2.58. The van der Waals surface area contributed by atoms with Gasteiger partial charge in [0.15, 0.2) is 0 Å². The summed E-state index contributed by atoms with van der Waals surface area (Å²) < 4.78 is 12.0. The summed E-state index contributed by atoms with van der Waals surface area (Å²) in [5, 5.41) is 6.37. The molecule has 1 aromatic rings. The number of carbonyl (C=O) groups is 3. The number of amides is 3. The topological polar surface area (TPSA) is 100 Å². The molecule has 2 N–H and O–H groups in total. The molecule has 6 rings (SSSR count). The molecule has 4 fully saturated rings. The third-order valence-corrected chi connectivity index (χ3v) is 10.5. The number of likely N-dealkylation sites (tertiary alicyclic amines) is 1. The number of carbonyl (C=O) groups excluding carboxylic acids is 3. The summed E-state index contributed by atoms with van der Waals surface area (Å²) in [5.41, 5.74) is 1.78. The fourth-order valence-electron chi connectivity index (χ4n) is 7.67. The van der Waals surface area contributed by atoms with Gasteiger partial charge in [0.25, 0.3) is 0 Å². The van der Waals surface area contributed by atoms with Crippen LogP contribution in [-0.4, -0.2) is 90.7 Å². The van der Waals surface area contributed by atoms with Gasteiger partial charge in [-0.1, -0.05) is 44.9 Å². The molecule has 4 aliphatic heterocycles. The SMILES string of the molecule is Cc1ccc(NC(=O)[C@H]2[C@H]3C=C[C@@]4(O3)[C@H]2C(=O)N(CCN2CCOCC2)[C@@H]4C(=O)N[C@@H]2CCC[C@@H](C)[C@@H]2C)cc1C. The first-order valence-corrected chi connectivity index (χ1v) is 15.4. The van der Waals surface area contributed by atoms with E-state index in [1.165, 1.54) is 0 Å². The lowest BCUT2D eigenvalue weighted by atomic mass is 9.73. The Morgan fingerprint density at radius 1 is 1.05 bits per heavy atom. The summed E-state index contributed by atoms with van der Waals surface area (Å²) in [6, 6.07) is 5.05. The van der Waals surface area contributed by atoms with Crippen molar-refractivity contribution in [2.75, 3.05) is 44.7 Å². The second kappa shape index (κ2) is 11.2. The van der Waals surface area contributed by atoms with Gasteiger partial charge in [-0.3, -0.25) is 19.3 Å². The van der Waals surface area contributed by atoms with Crippen molar-refractivity contribution in [3.8, 4) is 0 Å². The number of benzene rings is 1. The average Bonchev–Trinajstić information content (AvgIpc) is 3.60. The first kappa shape index (κ1) is 28.4. The van der Waals surface area contributed by atoms with E-state index in [9.17, 15) is 14.4 Å². The van der Waals surface area contributed by atoms with Crippen LogP contribution < -0.4 is 10.6 Å². The number of hydrogen-bond donors (Lipinski definition) is 2. The van der Waals surface area contributed by atoms with E-state index < -0.39 is 29.6 Å². The lowest BCUT2D eigenvalue weighted by molar-refractivity contribution is -0.142. The maximum atomic E-state index is 14.2. The summed E-state index contributed by atoms with van der Waals surface area (Å²) in [6.45, 7) is 12.5. The van der Waals surface area contributed by atoms with Crippen LogP contribution in [-0.2, 0) is 23.9 Å². The molecule has 2 bridgehead atoms. The molecule has 222 valence electrons. The van der Waals surface area contributed by atoms with E-state index in [1.807, 2.05) is 44.2 Å². The molecule has 0 unspecified atom stereocenters. The summed E-state index contributed by atoms with van der Waals surface area (Å²) in [4.78, 5) is 46.1. The van der Waals surface area contributed by atoms with Crippen molar-refractivity contribution in [3.05, 3.63) is 41.5 Å². The smallest absolute Gasteiger partial charge is 0.246 e. The van der Waals surface area contributed by atoms with E-state index in [1.54, 1.807) is 4.90 Å². The Morgan fingerprint density at radius 3 is 2.59 bits per heavy atom. The van der Waals surface area contributed by atoms with Crippen LogP contribution in [0.4, 0.5) is 5.69 Å². The molecule has 9 nitrogen and oxygen atoms in total. The molecule has 1 aliphatic carbocycles. The quantitative estimate of drug-likeness (QED) is 0.494. The van der Waals surface area contributed by atoms with Crippen LogP contribution >= 0.6 is 0 Å². The Hall–Kier alpha value is -2.75. The largest absolute Gasteiger partial charge is 0.379 e. The molecule has 0 radical (unpaired) electrons. The van der Waals surface area contributed by atoms with Crippen molar-refractivity contribution in [2.45, 2.75) is 70.7 Å². The molecule has 5 aliphatic rings. The molecule has 3 saturated heterocycles. The van der Waals surface area contributed by atoms with Gasteiger partial charge in [-0.25, -0.2) is 0 Å². The second-order valence-electron chi connectivity index (χ2n) is 12.9. The van der Waals surface area contributed by atoms with Crippen LogP contribution in [0.2, 0.25) is 0 Å². The Kier molecular flexibility index (Phi) is 7.72. The minimum Gasteiger partial charge on any atom is -0.379 e. The first-order valence-electron chi connectivity index (χ1n) is 15.4. The summed E-state index contributed by atoms with van der Waals surface area (Å²) in [6.07, 6.45) is 6.41. The highest BCUT2D eigenvalue weighted by Gasteiger charge is 2.72. The number of hydrogen-bond acceptors (Lipinski definition) is 6. The van der Waals surface area contributed by atoms with Crippen LogP contribution in [0.1, 0.15) is 44.2 Å². The molecular formula is C32H44N4O5. The van der Waals surface area contributed by atoms with E-state index in [0.29, 0.717) is 43.8 Å². The zero-order valence-corrected chi connectivity index (χ0v) is 24.7. The van der Waals surface area contributed by atoms with Gasteiger partial charge in [0.2, 0.25) is 17.7 Å². The van der Waals surface area contributed by atoms with E-state index in [0.717, 1.165) is 43.5 Å². The lowest BCUT2D eigenvalue weighted by Gasteiger charge is -2.38. The van der Waals surface area contributed by atoms with Crippen molar-refractivity contribution in [3.63, 3.8) is 0 Å². The minimum atomic E-state index is -1.15. The first-order chi connectivity index (χ1) is 19.7. The van der Waals surface area contributed by atoms with Crippen molar-refractivity contribution in [1.82, 2.24) is 15.1 Å². The maximum absolute atomic E-state index is 14.2. The molecule has 4 heterocycles. The van der Waals surface area contributed by atoms with E-state index in [2.05, 4.69) is 29.4 Å². The van der Waals surface area contributed by atoms with Gasteiger partial charge in [-0.15, -0.1) is 0 Å². The van der Waals surface area contributed by atoms with Crippen molar-refractivity contribution in [2.24, 2.45) is 23.7 Å². The highest BCUT2D eigenvalue weighted by molar-refractivity contribution is 6.02. The standard InChI is InChI=1S/C32H44N4O5/c1-19-8-9-23(18-21(19)3)33-29(37)26-25-10-11-32(41-25)27(26)31(39)36(13-12-35-14-16-40-17-15-35)28(32)30(38)34-24-7-5-6-20(2)22(24)4/h8-11,18,20,22,24-28H,5-7,12-17H2,1-4H3,(H,33,37)(H,34,38)/t20-,22+,24-,25-,26+,27-,28-,32-/m1/s1. The summed E-state index contributed by atoms with van der Waals surface area (Å²) >= 11 is 0. The highest BCUT2D eigenvalue weighted by Crippen LogP contribution is 2.55. The number of nitrogens with zero attached hydrogens (tertiary/aromatic N) is 2. The summed E-state index contributed by atoms with van der Waals surface area (Å²) in [5.74, 6) is -1.15. The molecule has 1 spiro atoms. The van der Waals surface area contributed by atoms with Crippen molar-refractivity contribution < 1.29 is 23.9 Å². The van der Waals surface area contributed by atoms with Gasteiger partial charge in [0.05, 0.1) is 31.2 Å². The summed E-state index contributed by atoms with van der Waals surface area (Å²) in [7, 11) is 0. The number of ether oxygens (including phenoxy) is 2. The van der Waals surface area contributed by atoms with Gasteiger partial charge >= 0.3 is 0 Å². The molecular weight excluding hydrogens is 520 g/mol. The monoisotopic (exact) mass is 564 g/mol. The second-order valence-corrected chi connectivity index (χ2v) is 12.9. The van der Waals surface area contributed by atoms with Crippen LogP contribution in [0.15, 0.2) is 30.4 Å². The van der Waals surface area contributed by atoms with Crippen LogP contribution in [0.25, 0.3) is 0 Å². The Morgan fingerprint density at radius 2 is 1.83 bits per heavy atom. The highest BCUT2D eigenvalue weighted by atomic mass is 16.5. The predicted molar refractivity (Wildman–Crippen MR) is 155 cm³/mol. The van der Waals surface area contributed by atoms with Gasteiger partial charge in [0, 0.05) is 37.9 Å². The number of anilines is 1. The van der Waals surface area contributed by atoms with Gasteiger partial charge in [0.1, 0.15) is 11.6 Å². The average molecular weight is 565 g/mol. The number of rotatable bonds is 7. The van der Waals surface area contributed by atoms with Crippen LogP contribution in [0, 0.1) is 37.5 Å². The molecule has 1 aromatic carbocycles. The fraction of sp³-hybridized carbons (Fsp3) is 0.656. The predicted octanol–water partition coefficient (Wildman–Crippen LogP) is 2.67. The molecule has 41 heavy (non-hydrogen) atoms. The Labute approximate surface area is 243 Å². The Balaban J connectivity index is 1.27. The normalized spacial score (nSPS) is 36.4. The fourth-order valence-corrected chi connectivity index (χ4v) is 7.67. The third-order valence-electron chi connectivity index (χ3n) is 10.5. The number of aryl methyl sites for hydroxylation is 2. The van der Waals surface area contributed by atoms with Crippen LogP contribution in [0.5, 0.6) is 0 Å². The van der Waals surface area contributed by atoms with Gasteiger partial charge in [-0.2, -0.15) is 0 Å². The van der Waals surface area contributed by atoms with Crippen molar-refractivity contribution >= 4 is 23.4 Å². The molecule has 8 atom stereocenters. The van der Waals surface area contributed by atoms with E-state index in [-0.39, 0.29) is 23.8 Å². The maximum Gasteiger partial charge on any atom is 0.246 e. The molecule has 0 aromatic heterocycles. The van der Waals surface area contributed by atoms with Gasteiger partial charge in [-0.05, 0) is 55.4 Å². The number of fused-ring (bicyclic) bond motifs is 1. The minimum absolute atomic E-state index is 0.0596. The Bertz CT molecular complexity index is 1230. The van der Waals surface area contributed by atoms with Gasteiger partial charge < -0.3 is 25.0 Å². The van der Waals surface area contributed by atoms with E-state index >= 15 is 0 Å². The van der Waals surface area contributed by atoms with Crippen LogP contribution in [0.3, 0.4) is 0 Å². The molecule has 3 amide bonds. The zero-order valence-electron chi connectivity index (χ0n) is 24.7. The van der Waals surface area contributed by atoms with E-state index in [4.69, 9.17) is 9.47 Å².